The Kier molecular flexibility index (Phi) is 16.9. The van der Waals surface area contributed by atoms with Gasteiger partial charge in [-0.05, 0) is 89.3 Å². The van der Waals surface area contributed by atoms with Gasteiger partial charge in [0, 0.05) is 25.3 Å². The minimum atomic E-state index is -3.54. The van der Waals surface area contributed by atoms with Gasteiger partial charge in [0.15, 0.2) is 6.10 Å². The molecule has 352 valence electrons. The van der Waals surface area contributed by atoms with Crippen LogP contribution >= 0.6 is 0 Å². The highest BCUT2D eigenvalue weighted by Crippen LogP contribution is 2.57. The fourth-order valence-corrected chi connectivity index (χ4v) is 8.06. The van der Waals surface area contributed by atoms with Crippen molar-refractivity contribution >= 4 is 29.8 Å². The standard InChI is InChI=1S/C50H68O14/c1-13-31(2)28-32(3)24-25-38(52)60-41-40(53)48(27-26-33(4)39(59-35(6)51)34(5)29-36-20-16-14-17-21-36)61-42(43(54)58-30-37-22-18-15-19-23-37)49(57,44(55)62-46(7,8)9)50(41,64-48)45(56)63-47(10,11)12/h14-25,31-32,34,39-42,53,57H,4,13,26-30H2,1-3,5-12H3/b25-24+/t31-,32+,34+,39?,40+,41+,42+,48+,49+,50+/m0/s1. The molecule has 64 heavy (non-hydrogen) atoms. The highest BCUT2D eigenvalue weighted by molar-refractivity contribution is 6.00. The van der Waals surface area contributed by atoms with Gasteiger partial charge in [0.1, 0.15) is 30.0 Å². The van der Waals surface area contributed by atoms with E-state index in [1.54, 1.807) is 36.4 Å². The molecular weight excluding hydrogens is 825 g/mol. The van der Waals surface area contributed by atoms with E-state index in [-0.39, 0.29) is 24.9 Å². The molecule has 2 N–H and O–H groups in total. The Labute approximate surface area is 377 Å². The predicted octanol–water partition coefficient (Wildman–Crippen LogP) is 7.06. The summed E-state index contributed by atoms with van der Waals surface area (Å²) in [6.45, 7) is 22.0. The molecule has 4 rings (SSSR count). The molecule has 0 amide bonds. The summed E-state index contributed by atoms with van der Waals surface area (Å²) < 4.78 is 41.8. The molecular formula is C50H68O14. The number of carbonyl (C=O) groups is 5. The normalized spacial score (nSPS) is 26.2. The Morgan fingerprint density at radius 2 is 1.44 bits per heavy atom. The molecule has 0 spiro atoms. The van der Waals surface area contributed by atoms with Crippen molar-refractivity contribution in [2.75, 3.05) is 0 Å². The molecule has 2 bridgehead atoms. The van der Waals surface area contributed by atoms with Crippen molar-refractivity contribution in [2.24, 2.45) is 17.8 Å². The third-order valence-corrected chi connectivity index (χ3v) is 11.3. The number of esters is 5. The zero-order valence-electron chi connectivity index (χ0n) is 39.2. The van der Waals surface area contributed by atoms with Gasteiger partial charge in [-0.2, -0.15) is 0 Å². The fraction of sp³-hybridized carbons (Fsp3) is 0.580. The maximum absolute atomic E-state index is 15.0. The van der Waals surface area contributed by atoms with Crippen LogP contribution in [0, 0.1) is 17.8 Å². The van der Waals surface area contributed by atoms with Gasteiger partial charge >= 0.3 is 29.8 Å². The summed E-state index contributed by atoms with van der Waals surface area (Å²) in [5.74, 6) is -8.66. The van der Waals surface area contributed by atoms with Gasteiger partial charge in [-0.15, -0.1) is 0 Å². The van der Waals surface area contributed by atoms with E-state index in [1.807, 2.05) is 44.2 Å². The van der Waals surface area contributed by atoms with Gasteiger partial charge in [-0.1, -0.05) is 107 Å². The lowest BCUT2D eigenvalue weighted by Crippen LogP contribution is -2.79. The van der Waals surface area contributed by atoms with E-state index in [4.69, 9.17) is 33.2 Å². The third-order valence-electron chi connectivity index (χ3n) is 11.3. The summed E-state index contributed by atoms with van der Waals surface area (Å²) in [7, 11) is 0. The second-order valence-corrected chi connectivity index (χ2v) is 19.3. The number of ether oxygens (including phenoxy) is 7. The van der Waals surface area contributed by atoms with Crippen molar-refractivity contribution in [3.63, 3.8) is 0 Å². The van der Waals surface area contributed by atoms with Crippen LogP contribution in [-0.4, -0.2) is 92.7 Å². The largest absolute Gasteiger partial charge is 0.459 e. The molecule has 0 saturated carbocycles. The Morgan fingerprint density at radius 3 is 1.98 bits per heavy atom. The van der Waals surface area contributed by atoms with Crippen molar-refractivity contribution in [3.05, 3.63) is 96.1 Å². The first-order valence-corrected chi connectivity index (χ1v) is 22.0. The molecule has 10 atom stereocenters. The fourth-order valence-electron chi connectivity index (χ4n) is 8.06. The number of allylic oxidation sites excluding steroid dienone is 1. The van der Waals surface area contributed by atoms with Crippen molar-refractivity contribution in [1.82, 2.24) is 0 Å². The minimum absolute atomic E-state index is 0.0936. The summed E-state index contributed by atoms with van der Waals surface area (Å²) >= 11 is 0. The molecule has 2 aromatic carbocycles. The molecule has 2 aliphatic rings. The van der Waals surface area contributed by atoms with Crippen LogP contribution in [0.5, 0.6) is 0 Å². The number of rotatable bonds is 19. The van der Waals surface area contributed by atoms with Crippen LogP contribution in [0.25, 0.3) is 0 Å². The maximum atomic E-state index is 15.0. The summed E-state index contributed by atoms with van der Waals surface area (Å²) in [5, 5.41) is 25.7. The van der Waals surface area contributed by atoms with Crippen LogP contribution in [0.1, 0.15) is 113 Å². The molecule has 14 heteroatoms. The van der Waals surface area contributed by atoms with Crippen molar-refractivity contribution in [1.29, 1.82) is 0 Å². The van der Waals surface area contributed by atoms with E-state index >= 15 is 4.79 Å². The topological polar surface area (TPSA) is 190 Å². The summed E-state index contributed by atoms with van der Waals surface area (Å²) in [6.07, 6.45) is -3.56. The quantitative estimate of drug-likeness (QED) is 0.0631. The van der Waals surface area contributed by atoms with Crippen LogP contribution in [0.2, 0.25) is 0 Å². The third kappa shape index (κ3) is 12.3. The molecule has 2 saturated heterocycles. The average molecular weight is 893 g/mol. The SMILES string of the molecule is C=C(CC[C@@]12O[C@H](C(=O)OCc3ccccc3)[C@@](O)(C(=O)OC(C)(C)C)[C@@](C(=O)OC(C)(C)C)(O1)[C@H](OC(=O)/C=C/[C@@H](C)C[C@@H](C)CC)[C@H]2O)C(OC(C)=O)[C@H](C)Cc1ccccc1. The number of aliphatic hydroxyl groups excluding tert-OH is 1. The highest BCUT2D eigenvalue weighted by atomic mass is 16.8. The Bertz CT molecular complexity index is 1980. The van der Waals surface area contributed by atoms with Gasteiger partial charge in [0.2, 0.25) is 17.5 Å². The zero-order chi connectivity index (χ0) is 47.8. The van der Waals surface area contributed by atoms with E-state index < -0.39 is 88.9 Å². The lowest BCUT2D eigenvalue weighted by molar-refractivity contribution is -0.377. The predicted molar refractivity (Wildman–Crippen MR) is 236 cm³/mol. The smallest absolute Gasteiger partial charge is 0.347 e. The summed E-state index contributed by atoms with van der Waals surface area (Å²) in [4.78, 5) is 70.6. The van der Waals surface area contributed by atoms with E-state index in [0.717, 1.165) is 24.5 Å². The van der Waals surface area contributed by atoms with Gasteiger partial charge in [0.25, 0.3) is 5.60 Å². The monoisotopic (exact) mass is 892 g/mol. The van der Waals surface area contributed by atoms with Gasteiger partial charge in [-0.25, -0.2) is 19.2 Å². The first-order valence-electron chi connectivity index (χ1n) is 22.0. The Morgan fingerprint density at radius 1 is 0.875 bits per heavy atom. The van der Waals surface area contributed by atoms with E-state index in [2.05, 4.69) is 20.4 Å². The first kappa shape index (κ1) is 51.7. The molecule has 2 aliphatic heterocycles. The van der Waals surface area contributed by atoms with Crippen molar-refractivity contribution in [3.8, 4) is 0 Å². The molecule has 0 aliphatic carbocycles. The second-order valence-electron chi connectivity index (χ2n) is 19.3. The maximum Gasteiger partial charge on any atom is 0.347 e. The number of hydrogen-bond donors (Lipinski definition) is 2. The van der Waals surface area contributed by atoms with Crippen LogP contribution in [0.3, 0.4) is 0 Å². The van der Waals surface area contributed by atoms with Gasteiger partial charge in [0.05, 0.1) is 0 Å². The van der Waals surface area contributed by atoms with Crippen LogP contribution in [-0.2, 0) is 70.2 Å². The van der Waals surface area contributed by atoms with Crippen LogP contribution < -0.4 is 0 Å². The van der Waals surface area contributed by atoms with E-state index in [1.165, 1.54) is 48.5 Å². The number of fused-ring (bicyclic) bond motifs is 2. The first-order chi connectivity index (χ1) is 29.8. The molecule has 0 aromatic heterocycles. The molecule has 2 heterocycles. The summed E-state index contributed by atoms with van der Waals surface area (Å²) in [6, 6.07) is 18.1. The Hall–Kier alpha value is -4.89. The average Bonchev–Trinajstić information content (AvgIpc) is 3.42. The highest BCUT2D eigenvalue weighted by Gasteiger charge is 2.86. The molecule has 14 nitrogen and oxygen atoms in total. The molecule has 2 aromatic rings. The lowest BCUT2D eigenvalue weighted by Gasteiger charge is -2.51. The van der Waals surface area contributed by atoms with E-state index in [9.17, 15) is 29.4 Å². The minimum Gasteiger partial charge on any atom is -0.459 e. The van der Waals surface area contributed by atoms with Crippen LogP contribution in [0.15, 0.2) is 85.0 Å². The number of aliphatic hydroxyl groups is 2. The lowest BCUT2D eigenvalue weighted by atomic mass is 9.74. The summed E-state index contributed by atoms with van der Waals surface area (Å²) in [5.41, 5.74) is -7.64. The Balaban J connectivity index is 1.92. The second kappa shape index (κ2) is 21.0. The van der Waals surface area contributed by atoms with Crippen molar-refractivity contribution < 1.29 is 67.3 Å². The zero-order valence-corrected chi connectivity index (χ0v) is 39.2. The molecule has 1 unspecified atom stereocenters. The number of carbonyl (C=O) groups excluding carboxylic acids is 5. The number of hydrogen-bond acceptors (Lipinski definition) is 14. The molecule has 2 fully saturated rings. The molecule has 0 radical (unpaired) electrons. The van der Waals surface area contributed by atoms with Crippen molar-refractivity contribution in [2.45, 2.75) is 167 Å². The van der Waals surface area contributed by atoms with Crippen LogP contribution in [0.4, 0.5) is 0 Å². The van der Waals surface area contributed by atoms with Gasteiger partial charge < -0.3 is 43.4 Å². The van der Waals surface area contributed by atoms with E-state index in [0.29, 0.717) is 23.5 Å². The van der Waals surface area contributed by atoms with Gasteiger partial charge in [-0.3, -0.25) is 4.79 Å². The number of benzene rings is 2.